The molecular formula is C55H79N7O12. The Labute approximate surface area is 434 Å². The van der Waals surface area contributed by atoms with Crippen molar-refractivity contribution in [3.05, 3.63) is 58.0 Å². The van der Waals surface area contributed by atoms with Crippen LogP contribution in [-0.4, -0.2) is 186 Å². The van der Waals surface area contributed by atoms with Crippen LogP contribution in [0, 0.1) is 36.5 Å². The van der Waals surface area contributed by atoms with E-state index in [1.54, 1.807) is 63.8 Å². The summed E-state index contributed by atoms with van der Waals surface area (Å²) in [6.45, 7) is 25.8. The number of anilines is 1. The number of rotatable bonds is 7. The number of ether oxygens (including phenoxy) is 5. The van der Waals surface area contributed by atoms with Crippen LogP contribution in [-0.2, 0) is 23.7 Å². The van der Waals surface area contributed by atoms with Crippen LogP contribution < -0.4 is 20.8 Å². The first kappa shape index (κ1) is 55.1. The van der Waals surface area contributed by atoms with Gasteiger partial charge in [-0.05, 0) is 25.8 Å². The van der Waals surface area contributed by atoms with E-state index in [1.165, 1.54) is 20.3 Å². The summed E-state index contributed by atoms with van der Waals surface area (Å²) in [6, 6.07) is 0. The number of morpholine rings is 1. The second-order valence-corrected chi connectivity index (χ2v) is 22.0. The number of likely N-dealkylation sites (tertiary alicyclic amines) is 1. The number of phenolic OH excluding ortho intramolecular Hbond substituents is 2. The fraction of sp³-hybridized carbons (Fsp3) is 0.655. The molecule has 19 heteroatoms. The number of ketones is 1. The van der Waals surface area contributed by atoms with Gasteiger partial charge in [-0.1, -0.05) is 59.8 Å². The molecule has 7 aliphatic rings. The number of piperazine rings is 1. The van der Waals surface area contributed by atoms with Crippen LogP contribution in [0.3, 0.4) is 0 Å². The molecule has 2 aromatic rings. The summed E-state index contributed by atoms with van der Waals surface area (Å²) >= 11 is 0. The summed E-state index contributed by atoms with van der Waals surface area (Å²) in [6.07, 6.45) is 4.49. The number of phenols is 2. The summed E-state index contributed by atoms with van der Waals surface area (Å²) in [5.74, 6) is -6.20. The van der Waals surface area contributed by atoms with Gasteiger partial charge in [-0.3, -0.25) is 24.4 Å². The van der Waals surface area contributed by atoms with Gasteiger partial charge in [0.2, 0.25) is 0 Å². The maximum absolute atomic E-state index is 15.0. The van der Waals surface area contributed by atoms with Crippen molar-refractivity contribution in [2.75, 3.05) is 97.6 Å². The van der Waals surface area contributed by atoms with Gasteiger partial charge in [0.25, 0.3) is 11.7 Å². The van der Waals surface area contributed by atoms with E-state index in [0.717, 1.165) is 59.0 Å². The quantitative estimate of drug-likeness (QED) is 0.244. The highest BCUT2D eigenvalue weighted by Crippen LogP contribution is 2.51. The first-order valence-corrected chi connectivity index (χ1v) is 26.5. The van der Waals surface area contributed by atoms with Crippen LogP contribution in [0.4, 0.5) is 10.5 Å². The minimum Gasteiger partial charge on any atom is -0.507 e. The molecule has 0 aliphatic carbocycles. The van der Waals surface area contributed by atoms with E-state index in [9.17, 15) is 34.8 Å². The summed E-state index contributed by atoms with van der Waals surface area (Å²) in [5, 5.41) is 51.7. The number of nitrogens with zero attached hydrogens (tertiary/aromatic N) is 6. The summed E-state index contributed by atoms with van der Waals surface area (Å²) in [5.41, 5.74) is -0.125. The number of nitrogens with one attached hydrogen (secondary N) is 1. The number of methoxy groups -OCH3 is 1. The first-order valence-electron chi connectivity index (χ1n) is 26.5. The standard InChI is InChI=1S/C55H79N7O12/c1-31(2)30-61-17-15-55(16-18-61)57-42-39-40-47(65)37(8)50-41(39)51(67)54(9,74-50)72-27-14-38(70-10)34(5)49(73-53(69)62-23-21-59(22-24-62)19-20-60-25-28-71-29-26-60)36(7)46(64)35(6)45(63)32(3)12-11-13-33(4)52(68)56-44(48(40)66)43(42)58-55/h11-14,27,31-32,34-36,38,45-46,49,57,63-66H,15-26,28-30H2,1-10H3/b12-11+,27-14+,33-13-,56-44?/t32-,34+,35+,36+,38-,45-,46+,49+,54-/m0/s1. The van der Waals surface area contributed by atoms with Crippen LogP contribution in [0.25, 0.3) is 10.8 Å². The molecule has 7 heterocycles. The summed E-state index contributed by atoms with van der Waals surface area (Å²) in [7, 11) is 1.50. The Bertz CT molecular complexity index is 2650. The lowest BCUT2D eigenvalue weighted by atomic mass is 9.78. The highest BCUT2D eigenvalue weighted by molar-refractivity contribution is 6.21. The van der Waals surface area contributed by atoms with E-state index < -0.39 is 83.1 Å². The molecule has 1 spiro atoms. The number of benzene rings is 2. The normalized spacial score (nSPS) is 32.1. The molecule has 0 unspecified atom stereocenters. The molecule has 3 saturated heterocycles. The van der Waals surface area contributed by atoms with E-state index in [2.05, 4.69) is 38.9 Å². The zero-order chi connectivity index (χ0) is 53.4. The summed E-state index contributed by atoms with van der Waals surface area (Å²) in [4.78, 5) is 61.6. The molecular weight excluding hydrogens is 951 g/mol. The monoisotopic (exact) mass is 1030 g/mol. The Kier molecular flexibility index (Phi) is 16.8. The maximum atomic E-state index is 15.0. The van der Waals surface area contributed by atoms with Gasteiger partial charge in [0.1, 0.15) is 34.0 Å². The number of aliphatic hydroxyl groups excluding tert-OH is 2. The lowest BCUT2D eigenvalue weighted by molar-refractivity contribution is -0.114. The number of hydrogen-bond donors (Lipinski definition) is 5. The van der Waals surface area contributed by atoms with Crippen molar-refractivity contribution in [3.63, 3.8) is 0 Å². The van der Waals surface area contributed by atoms with Crippen molar-refractivity contribution in [2.24, 2.45) is 39.6 Å². The lowest BCUT2D eigenvalue weighted by Gasteiger charge is -2.40. The molecule has 0 saturated carbocycles. The van der Waals surface area contributed by atoms with E-state index in [0.29, 0.717) is 50.6 Å². The van der Waals surface area contributed by atoms with Crippen molar-refractivity contribution < 1.29 is 58.5 Å². The van der Waals surface area contributed by atoms with Gasteiger partial charge in [0.15, 0.2) is 5.75 Å². The first-order chi connectivity index (χ1) is 35.2. The van der Waals surface area contributed by atoms with Crippen molar-refractivity contribution in [1.82, 2.24) is 19.6 Å². The molecule has 74 heavy (non-hydrogen) atoms. The SMILES string of the molecule is CO[C@H]1/C=C/O[C@@]2(C)Oc3c(C)c(O)c4c(O)c(c5c(c4c3C2=O)NC2(CCN(CC(C)C)CC2)N=5)=NC(=O)/C(C)=C\C=C\[C@H](C)[C@H](O)[C@@H](C)[C@@H](O)[C@@H](C)[C@H](OC(=O)N2CCN(CCN3CCOCC3)CC2)[C@@H]1C. The van der Waals surface area contributed by atoms with Gasteiger partial charge < -0.3 is 59.2 Å². The Morgan fingerprint density at radius 2 is 1.51 bits per heavy atom. The van der Waals surface area contributed by atoms with Crippen LogP contribution in [0.15, 0.2) is 46.1 Å². The highest BCUT2D eigenvalue weighted by atomic mass is 16.7. The van der Waals surface area contributed by atoms with Crippen molar-refractivity contribution in [3.8, 4) is 17.2 Å². The average molecular weight is 1030 g/mol. The van der Waals surface area contributed by atoms with Crippen LogP contribution in [0.2, 0.25) is 0 Å². The minimum absolute atomic E-state index is 0.0538. The van der Waals surface area contributed by atoms with E-state index in [4.69, 9.17) is 28.7 Å². The topological polar surface area (TPSA) is 228 Å². The van der Waals surface area contributed by atoms with Crippen molar-refractivity contribution in [1.29, 1.82) is 0 Å². The zero-order valence-corrected chi connectivity index (χ0v) is 44.9. The van der Waals surface area contributed by atoms with Gasteiger partial charge in [-0.15, -0.1) is 0 Å². The third kappa shape index (κ3) is 11.1. The van der Waals surface area contributed by atoms with E-state index >= 15 is 0 Å². The number of amides is 2. The second-order valence-electron chi connectivity index (χ2n) is 22.0. The van der Waals surface area contributed by atoms with E-state index in [-0.39, 0.29) is 49.7 Å². The Morgan fingerprint density at radius 3 is 2.16 bits per heavy atom. The molecule has 0 aromatic heterocycles. The predicted molar refractivity (Wildman–Crippen MR) is 278 cm³/mol. The number of aromatic hydroxyl groups is 2. The molecule has 5 bridgehead atoms. The number of carbonyl (C=O) groups excluding carboxylic acids is 3. The fourth-order valence-corrected chi connectivity index (χ4v) is 11.5. The second kappa shape index (κ2) is 22.6. The van der Waals surface area contributed by atoms with Gasteiger partial charge in [-0.2, -0.15) is 0 Å². The molecule has 7 aliphatic heterocycles. The summed E-state index contributed by atoms with van der Waals surface area (Å²) < 4.78 is 30.6. The molecule has 2 aromatic carbocycles. The van der Waals surface area contributed by atoms with Crippen LogP contribution in [0.1, 0.15) is 84.2 Å². The third-order valence-electron chi connectivity index (χ3n) is 16.3. The predicted octanol–water partition coefficient (Wildman–Crippen LogP) is 4.27. The number of hydrogen-bond acceptors (Lipinski definition) is 17. The Hall–Kier alpha value is -5.15. The average Bonchev–Trinajstić information content (AvgIpc) is 3.89. The molecule has 5 N–H and O–H groups in total. The minimum atomic E-state index is -1.98. The lowest BCUT2D eigenvalue weighted by Crippen LogP contribution is -2.53. The number of allylic oxidation sites excluding steroid dienone is 2. The maximum Gasteiger partial charge on any atom is 0.410 e. The van der Waals surface area contributed by atoms with Gasteiger partial charge in [0.05, 0.1) is 54.4 Å². The zero-order valence-electron chi connectivity index (χ0n) is 44.9. The molecule has 0 radical (unpaired) electrons. The molecule has 9 rings (SSSR count). The molecule has 406 valence electrons. The number of Topliss-reactive ketones (excluding diaryl/α,β-unsaturated/α-hetero) is 1. The number of piperidine rings is 1. The highest BCUT2D eigenvalue weighted by Gasteiger charge is 2.51. The molecule has 9 atom stereocenters. The van der Waals surface area contributed by atoms with Gasteiger partial charge >= 0.3 is 11.9 Å². The van der Waals surface area contributed by atoms with Crippen molar-refractivity contribution in [2.45, 2.75) is 111 Å². The third-order valence-corrected chi connectivity index (χ3v) is 16.3. The fourth-order valence-electron chi connectivity index (χ4n) is 11.5. The molecule has 19 nitrogen and oxygen atoms in total. The number of carbonyl (C=O) groups is 3. The Morgan fingerprint density at radius 1 is 0.851 bits per heavy atom. The van der Waals surface area contributed by atoms with Gasteiger partial charge in [-0.25, -0.2) is 9.79 Å². The smallest absolute Gasteiger partial charge is 0.410 e. The molecule has 2 amide bonds. The van der Waals surface area contributed by atoms with Crippen LogP contribution in [0.5, 0.6) is 17.2 Å². The van der Waals surface area contributed by atoms with Gasteiger partial charge in [0, 0.05) is 139 Å². The van der Waals surface area contributed by atoms with E-state index in [1.807, 2.05) is 6.92 Å². The molecule has 3 fully saturated rings. The Balaban J connectivity index is 1.15. The number of aliphatic hydroxyl groups is 2. The van der Waals surface area contributed by atoms with Crippen molar-refractivity contribution >= 4 is 34.2 Å². The van der Waals surface area contributed by atoms with Crippen LogP contribution >= 0.6 is 0 Å². The number of fused-ring (bicyclic) bond motifs is 13. The largest absolute Gasteiger partial charge is 0.507 e.